The number of amides is 4. The lowest BCUT2D eigenvalue weighted by atomic mass is 9.94. The van der Waals surface area contributed by atoms with Crippen LogP contribution in [0.4, 0.5) is 0 Å². The van der Waals surface area contributed by atoms with E-state index in [0.717, 1.165) is 32.1 Å². The summed E-state index contributed by atoms with van der Waals surface area (Å²) >= 11 is 0. The van der Waals surface area contributed by atoms with Crippen LogP contribution in [-0.2, 0) is 7.05 Å². The van der Waals surface area contributed by atoms with Gasteiger partial charge in [0.1, 0.15) is 0 Å². The summed E-state index contributed by atoms with van der Waals surface area (Å²) in [5.41, 5.74) is 1.66. The minimum absolute atomic E-state index is 0.0139. The van der Waals surface area contributed by atoms with Gasteiger partial charge in [0.15, 0.2) is 0 Å². The van der Waals surface area contributed by atoms with Crippen molar-refractivity contribution >= 4 is 23.6 Å². The molecule has 0 spiro atoms. The standard InChI is InChI=1S/C25H29N5O4/c1-28-15-17(14-26-28)22(31)27-18-9-11-29(12-10-18)23(32)16-7-8-20-21(13-16)25(34)30(24(20)33)19-5-3-2-4-6-19/h7-8,13-15,18-19H,2-6,9-12H2,1H3,(H,27,31). The number of aromatic nitrogens is 2. The van der Waals surface area contributed by atoms with Crippen molar-refractivity contribution in [1.29, 1.82) is 0 Å². The SMILES string of the molecule is Cn1cc(C(=O)NC2CCN(C(=O)c3ccc4c(c3)C(=O)N(C3CCCCC3)C4=O)CC2)cn1. The van der Waals surface area contributed by atoms with Crippen LogP contribution >= 0.6 is 0 Å². The van der Waals surface area contributed by atoms with E-state index in [1.807, 2.05) is 0 Å². The molecule has 9 heteroatoms. The Kier molecular flexibility index (Phi) is 5.93. The van der Waals surface area contributed by atoms with Gasteiger partial charge in [0.25, 0.3) is 23.6 Å². The molecule has 1 saturated heterocycles. The lowest BCUT2D eigenvalue weighted by molar-refractivity contribution is 0.0548. The highest BCUT2D eigenvalue weighted by atomic mass is 16.2. The summed E-state index contributed by atoms with van der Waals surface area (Å²) in [4.78, 5) is 54.6. The number of benzene rings is 1. The summed E-state index contributed by atoms with van der Waals surface area (Å²) in [6.45, 7) is 1.02. The zero-order valence-electron chi connectivity index (χ0n) is 19.3. The Labute approximate surface area is 198 Å². The first kappa shape index (κ1) is 22.3. The summed E-state index contributed by atoms with van der Waals surface area (Å²) in [5, 5.41) is 7.03. The van der Waals surface area contributed by atoms with Crippen LogP contribution in [0.1, 0.15) is 86.4 Å². The molecule has 0 radical (unpaired) electrons. The molecule has 2 aliphatic heterocycles. The van der Waals surface area contributed by atoms with E-state index in [-0.39, 0.29) is 35.7 Å². The van der Waals surface area contributed by atoms with Crippen LogP contribution in [0, 0.1) is 0 Å². The van der Waals surface area contributed by atoms with Crippen LogP contribution in [0.15, 0.2) is 30.6 Å². The second-order valence-corrected chi connectivity index (χ2v) is 9.48. The number of piperidine rings is 1. The lowest BCUT2D eigenvalue weighted by Crippen LogP contribution is -2.46. The molecule has 1 aliphatic carbocycles. The summed E-state index contributed by atoms with van der Waals surface area (Å²) in [6.07, 6.45) is 9.40. The molecule has 3 heterocycles. The molecule has 1 aromatic heterocycles. The maximum absolute atomic E-state index is 13.1. The van der Waals surface area contributed by atoms with E-state index < -0.39 is 0 Å². The van der Waals surface area contributed by atoms with Gasteiger partial charge in [-0.05, 0) is 43.9 Å². The maximum atomic E-state index is 13.1. The first-order valence-electron chi connectivity index (χ1n) is 12.0. The van der Waals surface area contributed by atoms with Crippen molar-refractivity contribution in [2.24, 2.45) is 7.05 Å². The van der Waals surface area contributed by atoms with Gasteiger partial charge in [-0.2, -0.15) is 5.10 Å². The normalized spacial score (nSPS) is 19.4. The van der Waals surface area contributed by atoms with Gasteiger partial charge in [0, 0.05) is 44.0 Å². The second kappa shape index (κ2) is 9.04. The number of nitrogens with zero attached hydrogens (tertiary/aromatic N) is 4. The molecule has 2 fully saturated rings. The molecule has 3 aliphatic rings. The van der Waals surface area contributed by atoms with Crippen molar-refractivity contribution in [1.82, 2.24) is 24.9 Å². The van der Waals surface area contributed by atoms with Crippen LogP contribution in [0.25, 0.3) is 0 Å². The maximum Gasteiger partial charge on any atom is 0.261 e. The third kappa shape index (κ3) is 4.10. The van der Waals surface area contributed by atoms with Crippen molar-refractivity contribution in [2.45, 2.75) is 57.0 Å². The molecule has 1 saturated carbocycles. The Morgan fingerprint density at radius 1 is 0.941 bits per heavy atom. The topological polar surface area (TPSA) is 105 Å². The van der Waals surface area contributed by atoms with E-state index in [9.17, 15) is 19.2 Å². The Morgan fingerprint density at radius 3 is 2.32 bits per heavy atom. The lowest BCUT2D eigenvalue weighted by Gasteiger charge is -2.32. The average Bonchev–Trinajstić information content (AvgIpc) is 3.40. The highest BCUT2D eigenvalue weighted by molar-refractivity contribution is 6.22. The predicted molar refractivity (Wildman–Crippen MR) is 123 cm³/mol. The van der Waals surface area contributed by atoms with E-state index in [1.54, 1.807) is 41.0 Å². The van der Waals surface area contributed by atoms with Crippen molar-refractivity contribution in [2.75, 3.05) is 13.1 Å². The Morgan fingerprint density at radius 2 is 1.65 bits per heavy atom. The number of hydrogen-bond donors (Lipinski definition) is 1. The molecule has 0 unspecified atom stereocenters. The summed E-state index contributed by atoms with van der Waals surface area (Å²) in [6, 6.07) is 4.79. The fourth-order valence-corrected chi connectivity index (χ4v) is 5.28. The fourth-order valence-electron chi connectivity index (χ4n) is 5.28. The smallest absolute Gasteiger partial charge is 0.261 e. The van der Waals surface area contributed by atoms with Gasteiger partial charge in [0.05, 0.1) is 22.9 Å². The van der Waals surface area contributed by atoms with E-state index >= 15 is 0 Å². The Hall–Kier alpha value is -3.49. The number of carbonyl (C=O) groups is 4. The molecule has 1 aromatic carbocycles. The van der Waals surface area contributed by atoms with Gasteiger partial charge in [-0.25, -0.2) is 0 Å². The number of rotatable bonds is 4. The van der Waals surface area contributed by atoms with Gasteiger partial charge in [-0.15, -0.1) is 0 Å². The molecule has 4 amide bonds. The van der Waals surface area contributed by atoms with Gasteiger partial charge in [0.2, 0.25) is 0 Å². The van der Waals surface area contributed by atoms with Crippen LogP contribution in [0.3, 0.4) is 0 Å². The number of fused-ring (bicyclic) bond motifs is 1. The Balaban J connectivity index is 1.22. The molecule has 5 rings (SSSR count). The third-order valence-corrected chi connectivity index (χ3v) is 7.19. The first-order chi connectivity index (χ1) is 16.4. The predicted octanol–water partition coefficient (Wildman–Crippen LogP) is 2.38. The molecular formula is C25H29N5O4. The summed E-state index contributed by atoms with van der Waals surface area (Å²) < 4.78 is 1.58. The monoisotopic (exact) mass is 463 g/mol. The van der Waals surface area contributed by atoms with Gasteiger partial charge in [-0.3, -0.25) is 28.8 Å². The number of likely N-dealkylation sites (tertiary alicyclic amines) is 1. The van der Waals surface area contributed by atoms with E-state index in [2.05, 4.69) is 10.4 Å². The zero-order valence-corrected chi connectivity index (χ0v) is 19.3. The largest absolute Gasteiger partial charge is 0.349 e. The van der Waals surface area contributed by atoms with E-state index in [4.69, 9.17) is 0 Å². The minimum Gasteiger partial charge on any atom is -0.349 e. The highest BCUT2D eigenvalue weighted by Crippen LogP contribution is 2.31. The average molecular weight is 464 g/mol. The van der Waals surface area contributed by atoms with Crippen LogP contribution < -0.4 is 5.32 Å². The van der Waals surface area contributed by atoms with Gasteiger partial charge in [-0.1, -0.05) is 19.3 Å². The number of nitrogens with one attached hydrogen (secondary N) is 1. The second-order valence-electron chi connectivity index (χ2n) is 9.48. The van der Waals surface area contributed by atoms with Crippen LogP contribution in [0.5, 0.6) is 0 Å². The molecule has 9 nitrogen and oxygen atoms in total. The highest BCUT2D eigenvalue weighted by Gasteiger charge is 2.40. The molecule has 0 atom stereocenters. The van der Waals surface area contributed by atoms with E-state index in [1.165, 1.54) is 11.1 Å². The Bertz CT molecular complexity index is 1140. The first-order valence-corrected chi connectivity index (χ1v) is 12.0. The fraction of sp³-hybridized carbons (Fsp3) is 0.480. The van der Waals surface area contributed by atoms with E-state index in [0.29, 0.717) is 48.2 Å². The van der Waals surface area contributed by atoms with Crippen LogP contribution in [0.2, 0.25) is 0 Å². The number of carbonyl (C=O) groups excluding carboxylic acids is 4. The minimum atomic E-state index is -0.279. The molecular weight excluding hydrogens is 434 g/mol. The van der Waals surface area contributed by atoms with Crippen molar-refractivity contribution in [3.8, 4) is 0 Å². The van der Waals surface area contributed by atoms with Crippen LogP contribution in [-0.4, -0.2) is 68.4 Å². The number of aryl methyl sites for hydroxylation is 1. The molecule has 1 N–H and O–H groups in total. The molecule has 2 aromatic rings. The molecule has 0 bridgehead atoms. The quantitative estimate of drug-likeness (QED) is 0.701. The summed E-state index contributed by atoms with van der Waals surface area (Å²) in [5.74, 6) is -0.840. The van der Waals surface area contributed by atoms with Gasteiger partial charge < -0.3 is 10.2 Å². The van der Waals surface area contributed by atoms with Gasteiger partial charge >= 0.3 is 0 Å². The zero-order chi connectivity index (χ0) is 23.8. The molecule has 34 heavy (non-hydrogen) atoms. The third-order valence-electron chi connectivity index (χ3n) is 7.19. The van der Waals surface area contributed by atoms with Crippen molar-refractivity contribution < 1.29 is 19.2 Å². The van der Waals surface area contributed by atoms with Crippen molar-refractivity contribution in [3.63, 3.8) is 0 Å². The van der Waals surface area contributed by atoms with Crippen molar-refractivity contribution in [3.05, 3.63) is 52.8 Å². The number of hydrogen-bond acceptors (Lipinski definition) is 5. The summed E-state index contributed by atoms with van der Waals surface area (Å²) in [7, 11) is 1.76. The molecule has 178 valence electrons. The number of imide groups is 1.